The fraction of sp³-hybridized carbons (Fsp3) is 0.625. The first-order valence-corrected chi connectivity index (χ1v) is 8.75. The maximum atomic E-state index is 12.5. The van der Waals surface area contributed by atoms with Crippen LogP contribution < -0.4 is 0 Å². The van der Waals surface area contributed by atoms with Crippen molar-refractivity contribution in [2.75, 3.05) is 33.7 Å². The van der Waals surface area contributed by atoms with Crippen LogP contribution in [0.4, 0.5) is 0 Å². The van der Waals surface area contributed by atoms with E-state index in [1.165, 1.54) is 0 Å². The van der Waals surface area contributed by atoms with Crippen LogP contribution in [0.15, 0.2) is 16.8 Å². The van der Waals surface area contributed by atoms with Crippen molar-refractivity contribution < 1.29 is 9.59 Å². The minimum absolute atomic E-state index is 0.0841. The van der Waals surface area contributed by atoms with Crippen LogP contribution in [0.1, 0.15) is 18.4 Å². The summed E-state index contributed by atoms with van der Waals surface area (Å²) in [4.78, 5) is 30.8. The van der Waals surface area contributed by atoms with Gasteiger partial charge in [0.05, 0.1) is 18.5 Å². The van der Waals surface area contributed by atoms with Gasteiger partial charge in [-0.2, -0.15) is 11.3 Å². The second-order valence-electron chi connectivity index (χ2n) is 6.41. The number of rotatable bonds is 5. The second-order valence-corrected chi connectivity index (χ2v) is 7.19. The molecule has 0 bridgehead atoms. The van der Waals surface area contributed by atoms with Crippen molar-refractivity contribution in [2.45, 2.75) is 31.3 Å². The lowest BCUT2D eigenvalue weighted by molar-refractivity contribution is -0.131. The SMILES string of the molecule is CN(C)CCN1C(=O)C[C@H]2[C@H]1CCN2C(=O)Cc1ccsc1. The summed E-state index contributed by atoms with van der Waals surface area (Å²) in [5.41, 5.74) is 1.08. The molecule has 2 atom stereocenters. The number of thiophene rings is 1. The lowest BCUT2D eigenvalue weighted by Gasteiger charge is -2.26. The van der Waals surface area contributed by atoms with E-state index in [4.69, 9.17) is 0 Å². The molecule has 0 aromatic carbocycles. The smallest absolute Gasteiger partial charge is 0.227 e. The Balaban J connectivity index is 1.63. The van der Waals surface area contributed by atoms with Gasteiger partial charge in [-0.05, 0) is 42.9 Å². The van der Waals surface area contributed by atoms with Gasteiger partial charge in [-0.25, -0.2) is 0 Å². The van der Waals surface area contributed by atoms with Crippen LogP contribution in [0.5, 0.6) is 0 Å². The Labute approximate surface area is 135 Å². The number of amides is 2. The Morgan fingerprint density at radius 3 is 2.91 bits per heavy atom. The number of likely N-dealkylation sites (N-methyl/N-ethyl adjacent to an activating group) is 1. The lowest BCUT2D eigenvalue weighted by atomic mass is 10.1. The predicted octanol–water partition coefficient (Wildman–Crippen LogP) is 1.05. The minimum Gasteiger partial charge on any atom is -0.337 e. The third-order valence-corrected chi connectivity index (χ3v) is 5.39. The van der Waals surface area contributed by atoms with Crippen molar-refractivity contribution >= 4 is 23.2 Å². The van der Waals surface area contributed by atoms with Gasteiger partial charge in [-0.1, -0.05) is 0 Å². The zero-order valence-corrected chi connectivity index (χ0v) is 14.0. The highest BCUT2D eigenvalue weighted by molar-refractivity contribution is 7.08. The van der Waals surface area contributed by atoms with Gasteiger partial charge in [0.2, 0.25) is 11.8 Å². The summed E-state index contributed by atoms with van der Waals surface area (Å²) < 4.78 is 0. The van der Waals surface area contributed by atoms with Gasteiger partial charge in [0.25, 0.3) is 0 Å². The van der Waals surface area contributed by atoms with E-state index in [-0.39, 0.29) is 23.9 Å². The molecule has 0 radical (unpaired) electrons. The van der Waals surface area contributed by atoms with Crippen molar-refractivity contribution in [2.24, 2.45) is 0 Å². The van der Waals surface area contributed by atoms with Crippen LogP contribution in [-0.2, 0) is 16.0 Å². The minimum atomic E-state index is 0.0841. The number of fused-ring (bicyclic) bond motifs is 1. The van der Waals surface area contributed by atoms with Gasteiger partial charge >= 0.3 is 0 Å². The van der Waals surface area contributed by atoms with E-state index in [9.17, 15) is 9.59 Å². The monoisotopic (exact) mass is 321 g/mol. The van der Waals surface area contributed by atoms with Crippen LogP contribution in [0.2, 0.25) is 0 Å². The number of hydrogen-bond donors (Lipinski definition) is 0. The van der Waals surface area contributed by atoms with Crippen LogP contribution in [0.3, 0.4) is 0 Å². The largest absolute Gasteiger partial charge is 0.337 e. The zero-order chi connectivity index (χ0) is 15.7. The fourth-order valence-electron chi connectivity index (χ4n) is 3.51. The molecule has 2 amide bonds. The molecule has 0 saturated carbocycles. The van der Waals surface area contributed by atoms with Crippen molar-refractivity contribution in [1.29, 1.82) is 0 Å². The quantitative estimate of drug-likeness (QED) is 0.814. The topological polar surface area (TPSA) is 43.9 Å². The van der Waals surface area contributed by atoms with Gasteiger partial charge in [0.1, 0.15) is 0 Å². The standard InChI is InChI=1S/C16H23N3O2S/c1-17(2)6-7-19-13-3-5-18(14(13)10-16(19)21)15(20)9-12-4-8-22-11-12/h4,8,11,13-14H,3,5-7,9-10H2,1-2H3/t13-,14+/m1/s1. The molecule has 5 nitrogen and oxygen atoms in total. The van der Waals surface area contributed by atoms with Crippen molar-refractivity contribution in [1.82, 2.24) is 14.7 Å². The molecular formula is C16H23N3O2S. The Hall–Kier alpha value is -1.40. The second kappa shape index (κ2) is 6.38. The van der Waals surface area contributed by atoms with E-state index < -0.39 is 0 Å². The van der Waals surface area contributed by atoms with Gasteiger partial charge in [0, 0.05) is 26.1 Å². The maximum absolute atomic E-state index is 12.5. The number of carbonyl (C=O) groups is 2. The molecule has 2 saturated heterocycles. The average Bonchev–Trinajstić information content (AvgIpc) is 3.13. The molecule has 1 aromatic heterocycles. The van der Waals surface area contributed by atoms with E-state index >= 15 is 0 Å². The van der Waals surface area contributed by atoms with Crippen molar-refractivity contribution in [3.63, 3.8) is 0 Å². The predicted molar refractivity (Wildman–Crippen MR) is 86.8 cm³/mol. The summed E-state index contributed by atoms with van der Waals surface area (Å²) >= 11 is 1.62. The van der Waals surface area contributed by atoms with Crippen molar-refractivity contribution in [3.8, 4) is 0 Å². The summed E-state index contributed by atoms with van der Waals surface area (Å²) in [6, 6.07) is 2.30. The highest BCUT2D eigenvalue weighted by atomic mass is 32.1. The van der Waals surface area contributed by atoms with E-state index in [0.717, 1.165) is 31.6 Å². The molecule has 120 valence electrons. The summed E-state index contributed by atoms with van der Waals surface area (Å²) in [5.74, 6) is 0.359. The summed E-state index contributed by atoms with van der Waals surface area (Å²) in [6.45, 7) is 2.42. The Morgan fingerprint density at radius 2 is 2.23 bits per heavy atom. The number of likely N-dealkylation sites (tertiary alicyclic amines) is 2. The Bertz CT molecular complexity index is 544. The molecule has 0 aliphatic carbocycles. The van der Waals surface area contributed by atoms with Crippen LogP contribution in [0, 0.1) is 0 Å². The molecule has 2 fully saturated rings. The van der Waals surface area contributed by atoms with Crippen LogP contribution in [0.25, 0.3) is 0 Å². The summed E-state index contributed by atoms with van der Waals surface area (Å²) in [6.07, 6.45) is 1.87. The van der Waals surface area contributed by atoms with Crippen LogP contribution in [-0.4, -0.2) is 72.3 Å². The normalized spacial score (nSPS) is 24.4. The molecule has 0 unspecified atom stereocenters. The third-order valence-electron chi connectivity index (χ3n) is 4.66. The highest BCUT2D eigenvalue weighted by Crippen LogP contribution is 2.32. The molecule has 2 aliphatic heterocycles. The zero-order valence-electron chi connectivity index (χ0n) is 13.2. The van der Waals surface area contributed by atoms with Gasteiger partial charge in [-0.3, -0.25) is 9.59 Å². The maximum Gasteiger partial charge on any atom is 0.227 e. The van der Waals surface area contributed by atoms with Gasteiger partial charge < -0.3 is 14.7 Å². The first-order valence-electron chi connectivity index (χ1n) is 7.81. The summed E-state index contributed by atoms with van der Waals surface area (Å²) in [5, 5.41) is 4.02. The summed E-state index contributed by atoms with van der Waals surface area (Å²) in [7, 11) is 4.03. The number of nitrogens with zero attached hydrogens (tertiary/aromatic N) is 3. The molecule has 0 spiro atoms. The Kier molecular flexibility index (Phi) is 4.49. The molecule has 0 N–H and O–H groups in total. The first-order chi connectivity index (χ1) is 10.6. The molecule has 22 heavy (non-hydrogen) atoms. The lowest BCUT2D eigenvalue weighted by Crippen LogP contribution is -2.42. The van der Waals surface area contributed by atoms with Crippen LogP contribution >= 0.6 is 11.3 Å². The van der Waals surface area contributed by atoms with E-state index in [0.29, 0.717) is 12.8 Å². The Morgan fingerprint density at radius 1 is 1.41 bits per heavy atom. The molecule has 6 heteroatoms. The highest BCUT2D eigenvalue weighted by Gasteiger charge is 2.47. The fourth-order valence-corrected chi connectivity index (χ4v) is 4.17. The van der Waals surface area contributed by atoms with E-state index in [1.807, 2.05) is 40.7 Å². The van der Waals surface area contributed by atoms with E-state index in [2.05, 4.69) is 4.90 Å². The number of hydrogen-bond acceptors (Lipinski definition) is 4. The third kappa shape index (κ3) is 3.03. The first kappa shape index (κ1) is 15.5. The average molecular weight is 321 g/mol. The number of carbonyl (C=O) groups excluding carboxylic acids is 2. The van der Waals surface area contributed by atoms with E-state index in [1.54, 1.807) is 11.3 Å². The molecule has 1 aromatic rings. The molecule has 2 aliphatic rings. The molecular weight excluding hydrogens is 298 g/mol. The molecule has 3 heterocycles. The molecule has 3 rings (SSSR count). The van der Waals surface area contributed by atoms with Crippen molar-refractivity contribution in [3.05, 3.63) is 22.4 Å². The van der Waals surface area contributed by atoms with Gasteiger partial charge in [-0.15, -0.1) is 0 Å². The van der Waals surface area contributed by atoms with Gasteiger partial charge in [0.15, 0.2) is 0 Å².